The Labute approximate surface area is 271 Å². The fourth-order valence-corrected chi connectivity index (χ4v) is 10.5. The lowest BCUT2D eigenvalue weighted by Crippen LogP contribution is -2.61. The first-order valence-corrected chi connectivity index (χ1v) is 17.0. The van der Waals surface area contributed by atoms with Gasteiger partial charge in [0.2, 0.25) is 0 Å². The van der Waals surface area contributed by atoms with E-state index in [1.165, 1.54) is 87.3 Å². The van der Waals surface area contributed by atoms with Crippen LogP contribution in [0.1, 0.15) is 36.8 Å². The molecule has 3 aliphatic carbocycles. The van der Waals surface area contributed by atoms with Crippen LogP contribution in [0.25, 0.3) is 11.1 Å². The minimum atomic E-state index is 0.142. The summed E-state index contributed by atoms with van der Waals surface area (Å²) in [6.07, 6.45) is 5.43. The van der Waals surface area contributed by atoms with E-state index >= 15 is 0 Å². The maximum Gasteiger partial charge on any atom is 0.252 e. The van der Waals surface area contributed by atoms with Gasteiger partial charge in [0.05, 0.1) is 0 Å². The van der Waals surface area contributed by atoms with E-state index < -0.39 is 0 Å². The summed E-state index contributed by atoms with van der Waals surface area (Å²) in [7, 11) is 0. The van der Waals surface area contributed by atoms with Gasteiger partial charge in [-0.25, -0.2) is 0 Å². The molecular weight excluding hydrogens is 555 g/mol. The summed E-state index contributed by atoms with van der Waals surface area (Å²) in [5.41, 5.74) is 18.0. The molecule has 3 unspecified atom stereocenters. The molecule has 0 aromatic heterocycles. The van der Waals surface area contributed by atoms with Crippen LogP contribution in [0.4, 0.5) is 34.1 Å². The third kappa shape index (κ3) is 3.04. The average Bonchev–Trinajstić information content (AvgIpc) is 3.82. The van der Waals surface area contributed by atoms with Gasteiger partial charge in [-0.2, -0.15) is 0 Å². The van der Waals surface area contributed by atoms with Crippen LogP contribution in [0.2, 0.25) is 0 Å². The van der Waals surface area contributed by atoms with Crippen LogP contribution in [0.3, 0.4) is 0 Å². The van der Waals surface area contributed by atoms with Crippen LogP contribution in [0.5, 0.6) is 0 Å². The van der Waals surface area contributed by atoms with Crippen LogP contribution in [-0.4, -0.2) is 6.71 Å². The van der Waals surface area contributed by atoms with Crippen LogP contribution in [0.15, 0.2) is 140 Å². The minimum Gasteiger partial charge on any atom is -0.311 e. The third-order valence-electron chi connectivity index (χ3n) is 12.1. The van der Waals surface area contributed by atoms with Crippen molar-refractivity contribution in [2.75, 3.05) is 9.80 Å². The summed E-state index contributed by atoms with van der Waals surface area (Å²) in [6, 6.07) is 52.6. The van der Waals surface area contributed by atoms with Gasteiger partial charge in [0, 0.05) is 45.1 Å². The van der Waals surface area contributed by atoms with Gasteiger partial charge in [0.25, 0.3) is 6.71 Å². The summed E-state index contributed by atoms with van der Waals surface area (Å²) in [5, 5.41) is 0. The number of benzene rings is 6. The fraction of sp³-hybridized carbons (Fsp3) is 0.163. The molecule has 0 N–H and O–H groups in total. The predicted molar refractivity (Wildman–Crippen MR) is 192 cm³/mol. The molecular formula is C43H33BN2. The second kappa shape index (κ2) is 9.04. The molecule has 2 fully saturated rings. The van der Waals surface area contributed by atoms with Crippen molar-refractivity contribution < 1.29 is 0 Å². The van der Waals surface area contributed by atoms with Crippen molar-refractivity contribution in [2.24, 2.45) is 11.8 Å². The number of rotatable bonds is 2. The van der Waals surface area contributed by atoms with Crippen LogP contribution < -0.4 is 26.2 Å². The zero-order chi connectivity index (χ0) is 30.0. The Balaban J connectivity index is 1.26. The Bertz CT molecular complexity index is 2210. The molecule has 0 amide bonds. The standard InChI is InChI=1S/C43H33BN2/c1-3-12-30(13-4-1)45-37-19-10-9-18-35(37)44-36-25-24-34-40(32-16-7-8-17-33(32)43(34)27-28-22-23-29(43)26-28)42(36)46(31-14-5-2-6-15-31)39-21-11-20-38(45)41(39)44/h1-21,24-25,28-29H,22-23,26-27H2. The fourth-order valence-electron chi connectivity index (χ4n) is 10.5. The highest BCUT2D eigenvalue weighted by Crippen LogP contribution is 2.67. The molecule has 2 aliphatic heterocycles. The summed E-state index contributed by atoms with van der Waals surface area (Å²) < 4.78 is 0. The maximum atomic E-state index is 2.61. The molecule has 2 bridgehead atoms. The molecule has 1 spiro atoms. The molecule has 46 heavy (non-hydrogen) atoms. The summed E-state index contributed by atoms with van der Waals surface area (Å²) in [6.45, 7) is 0.145. The van der Waals surface area contributed by atoms with E-state index in [4.69, 9.17) is 0 Å². The molecule has 11 rings (SSSR count). The first-order chi connectivity index (χ1) is 22.8. The molecule has 2 saturated carbocycles. The van der Waals surface area contributed by atoms with E-state index in [9.17, 15) is 0 Å². The Morgan fingerprint density at radius 3 is 1.98 bits per heavy atom. The molecule has 218 valence electrons. The highest BCUT2D eigenvalue weighted by atomic mass is 15.2. The van der Waals surface area contributed by atoms with Crippen molar-refractivity contribution in [1.29, 1.82) is 0 Å². The third-order valence-corrected chi connectivity index (χ3v) is 12.1. The van der Waals surface area contributed by atoms with Crippen LogP contribution in [0, 0.1) is 11.8 Å². The predicted octanol–water partition coefficient (Wildman–Crippen LogP) is 8.86. The largest absolute Gasteiger partial charge is 0.311 e. The van der Waals surface area contributed by atoms with Crippen molar-refractivity contribution in [3.05, 3.63) is 151 Å². The number of nitrogens with zero attached hydrogens (tertiary/aromatic N) is 2. The molecule has 2 nitrogen and oxygen atoms in total. The Hall–Kier alpha value is -5.02. The normalized spacial score (nSPS) is 22.4. The van der Waals surface area contributed by atoms with Gasteiger partial charge < -0.3 is 9.80 Å². The lowest BCUT2D eigenvalue weighted by Gasteiger charge is -2.45. The highest BCUT2D eigenvalue weighted by Gasteiger charge is 2.58. The van der Waals surface area contributed by atoms with Gasteiger partial charge in [-0.15, -0.1) is 0 Å². The quantitative estimate of drug-likeness (QED) is 0.186. The monoisotopic (exact) mass is 588 g/mol. The molecule has 3 atom stereocenters. The second-order valence-electron chi connectivity index (χ2n) is 14.1. The van der Waals surface area contributed by atoms with E-state index in [-0.39, 0.29) is 12.1 Å². The van der Waals surface area contributed by atoms with E-state index in [1.807, 2.05) is 0 Å². The van der Waals surface area contributed by atoms with E-state index in [0.717, 1.165) is 11.8 Å². The molecule has 2 heterocycles. The number of para-hydroxylation sites is 3. The van der Waals surface area contributed by atoms with Crippen molar-refractivity contribution >= 4 is 57.2 Å². The SMILES string of the molecule is c1ccc(N2c3ccccc3B3c4ccc5c(c4N(c4ccccc4)c4cccc2c43)-c2ccccc2C52CC3CCC2C3)cc1. The van der Waals surface area contributed by atoms with Gasteiger partial charge in [-0.3, -0.25) is 0 Å². The van der Waals surface area contributed by atoms with Crippen LogP contribution >= 0.6 is 0 Å². The topological polar surface area (TPSA) is 6.48 Å². The Morgan fingerprint density at radius 1 is 0.543 bits per heavy atom. The Kier molecular flexibility index (Phi) is 4.95. The molecule has 6 aromatic carbocycles. The molecule has 6 aromatic rings. The molecule has 0 radical (unpaired) electrons. The lowest BCUT2D eigenvalue weighted by atomic mass is 9.33. The van der Waals surface area contributed by atoms with E-state index in [1.54, 1.807) is 11.1 Å². The molecule has 0 saturated heterocycles. The minimum absolute atomic E-state index is 0.142. The Morgan fingerprint density at radius 2 is 1.22 bits per heavy atom. The van der Waals surface area contributed by atoms with Crippen molar-refractivity contribution in [1.82, 2.24) is 0 Å². The summed E-state index contributed by atoms with van der Waals surface area (Å²) >= 11 is 0. The van der Waals surface area contributed by atoms with Gasteiger partial charge in [0.1, 0.15) is 0 Å². The van der Waals surface area contributed by atoms with Crippen molar-refractivity contribution in [3.63, 3.8) is 0 Å². The maximum absolute atomic E-state index is 2.61. The zero-order valence-corrected chi connectivity index (χ0v) is 25.7. The van der Waals surface area contributed by atoms with E-state index in [0.29, 0.717) is 0 Å². The molecule has 3 heteroatoms. The van der Waals surface area contributed by atoms with E-state index in [2.05, 4.69) is 149 Å². The van der Waals surface area contributed by atoms with Crippen molar-refractivity contribution in [2.45, 2.75) is 31.1 Å². The van der Waals surface area contributed by atoms with Gasteiger partial charge >= 0.3 is 0 Å². The molecule has 5 aliphatic rings. The average molecular weight is 589 g/mol. The van der Waals surface area contributed by atoms with Gasteiger partial charge in [0.15, 0.2) is 0 Å². The summed E-state index contributed by atoms with van der Waals surface area (Å²) in [4.78, 5) is 5.09. The number of anilines is 6. The number of hydrogen-bond acceptors (Lipinski definition) is 2. The first kappa shape index (κ1) is 25.2. The van der Waals surface area contributed by atoms with Crippen LogP contribution in [-0.2, 0) is 5.41 Å². The van der Waals surface area contributed by atoms with Gasteiger partial charge in [-0.05, 0) is 107 Å². The summed E-state index contributed by atoms with van der Waals surface area (Å²) in [5.74, 6) is 1.59. The highest BCUT2D eigenvalue weighted by molar-refractivity contribution is 7.00. The van der Waals surface area contributed by atoms with Crippen molar-refractivity contribution in [3.8, 4) is 11.1 Å². The number of hydrogen-bond donors (Lipinski definition) is 0. The smallest absolute Gasteiger partial charge is 0.252 e. The van der Waals surface area contributed by atoms with Gasteiger partial charge in [-0.1, -0.05) is 103 Å². The second-order valence-corrected chi connectivity index (χ2v) is 14.1. The lowest BCUT2D eigenvalue weighted by molar-refractivity contribution is 0.327. The number of fused-ring (bicyclic) bond motifs is 13. The first-order valence-electron chi connectivity index (χ1n) is 17.0. The zero-order valence-electron chi connectivity index (χ0n) is 25.7.